The molecule has 0 aromatic heterocycles. The van der Waals surface area contributed by atoms with Crippen molar-refractivity contribution in [3.05, 3.63) is 35.5 Å². The smallest absolute Gasteiger partial charge is 0.303 e. The van der Waals surface area contributed by atoms with E-state index in [0.29, 0.717) is 24.8 Å². The minimum atomic E-state index is -1.28. The first-order chi connectivity index (χ1) is 14.4. The van der Waals surface area contributed by atoms with Crippen LogP contribution in [0.3, 0.4) is 0 Å². The lowest BCUT2D eigenvalue weighted by molar-refractivity contribution is -0.165. The lowest BCUT2D eigenvalue weighted by Crippen LogP contribution is -2.61. The third-order valence-corrected chi connectivity index (χ3v) is 7.80. The summed E-state index contributed by atoms with van der Waals surface area (Å²) in [5.74, 6) is -2.95. The number of carbonyl (C=O) groups is 4. The van der Waals surface area contributed by atoms with E-state index in [1.54, 1.807) is 0 Å². The lowest BCUT2D eigenvalue weighted by atomic mass is 9.50. The van der Waals surface area contributed by atoms with Gasteiger partial charge in [-0.2, -0.15) is 0 Å². The van der Waals surface area contributed by atoms with Gasteiger partial charge in [-0.25, -0.2) is 0 Å². The average Bonchev–Trinajstić information content (AvgIpc) is 3.34. The summed E-state index contributed by atoms with van der Waals surface area (Å²) in [6.45, 7) is 14.2. The number of Topliss-reactive ketones (excluding diaryl/α,β-unsaturated/α-hetero) is 2. The van der Waals surface area contributed by atoms with Crippen molar-refractivity contribution in [2.45, 2.75) is 65.3 Å². The SMILES string of the molecule is C=C1CC[C@]2(C)C3=C(C(=O)[C@@]4(C[C@@H]4C)[C@H](OC(C)=O)C3=O)[C@H](OC(C)=O)[C@@H](O)[C@H]2C1=C. The van der Waals surface area contributed by atoms with Crippen molar-refractivity contribution in [3.63, 3.8) is 0 Å². The van der Waals surface area contributed by atoms with Crippen molar-refractivity contribution in [2.24, 2.45) is 22.7 Å². The second-order valence-electron chi connectivity index (χ2n) is 9.66. The zero-order valence-corrected chi connectivity index (χ0v) is 18.3. The van der Waals surface area contributed by atoms with Gasteiger partial charge < -0.3 is 14.6 Å². The summed E-state index contributed by atoms with van der Waals surface area (Å²) in [4.78, 5) is 51.4. The Bertz CT molecular complexity index is 988. The molecule has 0 aromatic carbocycles. The van der Waals surface area contributed by atoms with E-state index in [4.69, 9.17) is 9.47 Å². The summed E-state index contributed by atoms with van der Waals surface area (Å²) in [5, 5.41) is 11.3. The van der Waals surface area contributed by atoms with Gasteiger partial charge in [-0.1, -0.05) is 32.6 Å². The third kappa shape index (κ3) is 2.75. The molecule has 1 spiro atoms. The largest absolute Gasteiger partial charge is 0.455 e. The molecule has 4 aliphatic carbocycles. The molecule has 7 atom stereocenters. The fourth-order valence-corrected chi connectivity index (χ4v) is 6.14. The van der Waals surface area contributed by atoms with Crippen LogP contribution in [-0.4, -0.2) is 46.9 Å². The van der Waals surface area contributed by atoms with Gasteiger partial charge in [0.15, 0.2) is 18.0 Å². The molecular weight excluding hydrogens is 400 g/mol. The normalized spacial score (nSPS) is 41.6. The Balaban J connectivity index is 1.98. The molecule has 0 radical (unpaired) electrons. The van der Waals surface area contributed by atoms with Gasteiger partial charge in [-0.15, -0.1) is 0 Å². The Kier molecular flexibility index (Phi) is 4.71. The van der Waals surface area contributed by atoms with Crippen molar-refractivity contribution >= 4 is 23.5 Å². The number of fused-ring (bicyclic) bond motifs is 2. The molecule has 0 heterocycles. The second kappa shape index (κ2) is 6.73. The molecule has 0 bridgehead atoms. The lowest BCUT2D eigenvalue weighted by Gasteiger charge is -2.54. The maximum absolute atomic E-state index is 13.9. The molecule has 1 N–H and O–H groups in total. The standard InChI is InChI=1S/C24H28O7/c1-10-7-8-23(6)16(12(10)3)18(27)20(30-13(4)25)15-17(23)19(28)22(31-14(5)26)24(21(15)29)9-11(24)2/h11,16,18,20,22,27H,1,3,7-9H2,2,4-6H3/t11-,16+,18-,20-,22+,23-,24-/m0/s1. The fraction of sp³-hybridized carbons (Fsp3) is 0.583. The maximum Gasteiger partial charge on any atom is 0.303 e. The maximum atomic E-state index is 13.9. The molecule has 4 aliphatic rings. The highest BCUT2D eigenvalue weighted by atomic mass is 16.6. The van der Waals surface area contributed by atoms with E-state index in [1.165, 1.54) is 13.8 Å². The van der Waals surface area contributed by atoms with Crippen LogP contribution in [0.15, 0.2) is 35.5 Å². The number of rotatable bonds is 2. The number of esters is 2. The number of hydrogen-bond acceptors (Lipinski definition) is 7. The molecular formula is C24H28O7. The topological polar surface area (TPSA) is 107 Å². The monoisotopic (exact) mass is 428 g/mol. The van der Waals surface area contributed by atoms with Gasteiger partial charge in [0, 0.05) is 36.3 Å². The molecule has 7 heteroatoms. The Hall–Kier alpha value is -2.54. The predicted molar refractivity (Wildman–Crippen MR) is 109 cm³/mol. The van der Waals surface area contributed by atoms with Crippen LogP contribution in [0, 0.1) is 22.7 Å². The predicted octanol–water partition coefficient (Wildman–Crippen LogP) is 2.23. The average molecular weight is 428 g/mol. The number of ether oxygens (including phenoxy) is 2. The van der Waals surface area contributed by atoms with E-state index < -0.39 is 52.8 Å². The highest BCUT2D eigenvalue weighted by Crippen LogP contribution is 2.65. The summed E-state index contributed by atoms with van der Waals surface area (Å²) in [6, 6.07) is 0. The van der Waals surface area contributed by atoms with E-state index in [0.717, 1.165) is 5.57 Å². The summed E-state index contributed by atoms with van der Waals surface area (Å²) in [7, 11) is 0. The van der Waals surface area contributed by atoms with Crippen LogP contribution in [0.1, 0.15) is 47.0 Å². The van der Waals surface area contributed by atoms with Crippen molar-refractivity contribution in [1.29, 1.82) is 0 Å². The number of hydrogen-bond donors (Lipinski definition) is 1. The molecule has 166 valence electrons. The molecule has 0 saturated heterocycles. The number of carbonyl (C=O) groups excluding carboxylic acids is 4. The fourth-order valence-electron chi connectivity index (χ4n) is 6.14. The molecule has 4 rings (SSSR count). The number of aliphatic hydroxyl groups excluding tert-OH is 1. The number of aliphatic hydroxyl groups is 1. The Morgan fingerprint density at radius 1 is 1.13 bits per heavy atom. The van der Waals surface area contributed by atoms with Crippen LogP contribution < -0.4 is 0 Å². The van der Waals surface area contributed by atoms with Crippen LogP contribution in [0.25, 0.3) is 0 Å². The van der Waals surface area contributed by atoms with E-state index in [9.17, 15) is 24.3 Å². The minimum absolute atomic E-state index is 0.0551. The zero-order chi connectivity index (χ0) is 23.0. The molecule has 2 saturated carbocycles. The van der Waals surface area contributed by atoms with Gasteiger partial charge in [0.25, 0.3) is 0 Å². The first-order valence-corrected chi connectivity index (χ1v) is 10.6. The summed E-state index contributed by atoms with van der Waals surface area (Å²) in [5.41, 5.74) is -0.504. The first-order valence-electron chi connectivity index (χ1n) is 10.6. The molecule has 0 aliphatic heterocycles. The zero-order valence-electron chi connectivity index (χ0n) is 18.3. The Labute approximate surface area is 181 Å². The minimum Gasteiger partial charge on any atom is -0.455 e. The Morgan fingerprint density at radius 3 is 2.23 bits per heavy atom. The van der Waals surface area contributed by atoms with Gasteiger partial charge in [0.05, 0.1) is 5.41 Å². The first kappa shape index (κ1) is 21.7. The molecule has 0 aromatic rings. The van der Waals surface area contributed by atoms with Gasteiger partial charge in [0.2, 0.25) is 5.78 Å². The Morgan fingerprint density at radius 2 is 1.71 bits per heavy atom. The quantitative estimate of drug-likeness (QED) is 0.672. The molecule has 0 amide bonds. The second-order valence-corrected chi connectivity index (χ2v) is 9.66. The molecule has 7 nitrogen and oxygen atoms in total. The van der Waals surface area contributed by atoms with E-state index in [2.05, 4.69) is 13.2 Å². The van der Waals surface area contributed by atoms with Gasteiger partial charge in [0.1, 0.15) is 6.10 Å². The summed E-state index contributed by atoms with van der Waals surface area (Å²) < 4.78 is 10.9. The van der Waals surface area contributed by atoms with E-state index in [1.807, 2.05) is 13.8 Å². The van der Waals surface area contributed by atoms with E-state index in [-0.39, 0.29) is 22.8 Å². The van der Waals surface area contributed by atoms with Gasteiger partial charge in [-0.3, -0.25) is 19.2 Å². The number of allylic oxidation sites excluding steroid dienone is 1. The van der Waals surface area contributed by atoms with Crippen LogP contribution in [0.5, 0.6) is 0 Å². The third-order valence-electron chi connectivity index (χ3n) is 7.80. The van der Waals surface area contributed by atoms with Crippen molar-refractivity contribution in [1.82, 2.24) is 0 Å². The van der Waals surface area contributed by atoms with Crippen LogP contribution >= 0.6 is 0 Å². The van der Waals surface area contributed by atoms with Crippen LogP contribution in [-0.2, 0) is 28.7 Å². The molecule has 2 fully saturated rings. The highest BCUT2D eigenvalue weighted by molar-refractivity contribution is 6.20. The van der Waals surface area contributed by atoms with Crippen LogP contribution in [0.2, 0.25) is 0 Å². The number of ketones is 2. The molecule has 31 heavy (non-hydrogen) atoms. The van der Waals surface area contributed by atoms with Gasteiger partial charge >= 0.3 is 11.9 Å². The van der Waals surface area contributed by atoms with Crippen molar-refractivity contribution < 1.29 is 33.8 Å². The van der Waals surface area contributed by atoms with E-state index >= 15 is 0 Å². The highest BCUT2D eigenvalue weighted by Gasteiger charge is 2.73. The van der Waals surface area contributed by atoms with Crippen LogP contribution in [0.4, 0.5) is 0 Å². The van der Waals surface area contributed by atoms with Crippen molar-refractivity contribution in [3.8, 4) is 0 Å². The van der Waals surface area contributed by atoms with Gasteiger partial charge in [-0.05, 0) is 30.8 Å². The van der Waals surface area contributed by atoms with Crippen molar-refractivity contribution in [2.75, 3.05) is 0 Å². The molecule has 0 unspecified atom stereocenters. The summed E-state index contributed by atoms with van der Waals surface area (Å²) in [6.07, 6.45) is -2.34. The summed E-state index contributed by atoms with van der Waals surface area (Å²) >= 11 is 0.